The highest BCUT2D eigenvalue weighted by Crippen LogP contribution is 2.24. The first-order chi connectivity index (χ1) is 11.0. The fraction of sp³-hybridized carbons (Fsp3) is 0.529. The summed E-state index contributed by atoms with van der Waals surface area (Å²) in [5.74, 6) is -0.514. The van der Waals surface area contributed by atoms with Crippen molar-refractivity contribution in [2.24, 2.45) is 5.92 Å². The molecule has 0 spiro atoms. The molecule has 2 atom stereocenters. The third-order valence-electron chi connectivity index (χ3n) is 4.20. The minimum Gasteiger partial charge on any atom is -0.496 e. The number of carboxylic acid groups (broad SMARTS) is 1. The van der Waals surface area contributed by atoms with Gasteiger partial charge in [-0.25, -0.2) is 0 Å². The predicted molar refractivity (Wildman–Crippen MR) is 86.4 cm³/mol. The maximum absolute atomic E-state index is 12.2. The fourth-order valence-corrected chi connectivity index (χ4v) is 2.99. The van der Waals surface area contributed by atoms with E-state index in [0.717, 1.165) is 24.3 Å². The number of methoxy groups -OCH3 is 1. The van der Waals surface area contributed by atoms with E-state index < -0.39 is 5.97 Å². The van der Waals surface area contributed by atoms with Crippen molar-refractivity contribution in [3.63, 3.8) is 0 Å². The van der Waals surface area contributed by atoms with E-state index >= 15 is 0 Å². The first kappa shape index (κ1) is 17.3. The van der Waals surface area contributed by atoms with Gasteiger partial charge in [-0.15, -0.1) is 0 Å². The van der Waals surface area contributed by atoms with Gasteiger partial charge < -0.3 is 15.2 Å². The van der Waals surface area contributed by atoms with Crippen LogP contribution in [0.25, 0.3) is 0 Å². The van der Waals surface area contributed by atoms with Crippen molar-refractivity contribution in [1.82, 2.24) is 10.2 Å². The molecule has 1 heterocycles. The molecule has 0 radical (unpaired) electrons. The molecule has 2 N–H and O–H groups in total. The van der Waals surface area contributed by atoms with E-state index in [0.29, 0.717) is 13.0 Å². The van der Waals surface area contributed by atoms with E-state index in [1.807, 2.05) is 36.1 Å². The number of hydrogen-bond donors (Lipinski definition) is 2. The minimum atomic E-state index is -0.780. The van der Waals surface area contributed by atoms with E-state index in [-0.39, 0.29) is 24.4 Å². The number of carbonyl (C=O) groups is 2. The van der Waals surface area contributed by atoms with Crippen LogP contribution in [0, 0.1) is 5.92 Å². The molecule has 1 aromatic carbocycles. The molecule has 1 amide bonds. The van der Waals surface area contributed by atoms with Crippen molar-refractivity contribution in [2.45, 2.75) is 25.8 Å². The zero-order valence-corrected chi connectivity index (χ0v) is 13.6. The zero-order chi connectivity index (χ0) is 16.8. The molecule has 0 saturated carbocycles. The van der Waals surface area contributed by atoms with Crippen LogP contribution in [0.3, 0.4) is 0 Å². The standard InChI is InChI=1S/C17H24N2O4/c1-12(14-7-3-4-8-15(14)23-2)18-16(20)11-19-9-5-6-13(10-19)17(21)22/h3-4,7-8,12-13H,5-6,9-11H2,1-2H3,(H,18,20)(H,21,22). The summed E-state index contributed by atoms with van der Waals surface area (Å²) < 4.78 is 5.31. The van der Waals surface area contributed by atoms with E-state index in [4.69, 9.17) is 9.84 Å². The molecule has 1 aliphatic heterocycles. The number of hydrogen-bond acceptors (Lipinski definition) is 4. The Morgan fingerprint density at radius 3 is 2.87 bits per heavy atom. The van der Waals surface area contributed by atoms with E-state index in [9.17, 15) is 9.59 Å². The zero-order valence-electron chi connectivity index (χ0n) is 13.6. The van der Waals surface area contributed by atoms with Gasteiger partial charge in [0, 0.05) is 12.1 Å². The highest BCUT2D eigenvalue weighted by atomic mass is 16.5. The Hall–Kier alpha value is -2.08. The molecule has 6 heteroatoms. The molecule has 6 nitrogen and oxygen atoms in total. The lowest BCUT2D eigenvalue weighted by atomic mass is 9.98. The number of aliphatic carboxylic acids is 1. The normalized spacial score (nSPS) is 19.8. The number of nitrogens with one attached hydrogen (secondary N) is 1. The second kappa shape index (κ2) is 7.97. The van der Waals surface area contributed by atoms with Crippen LogP contribution in [0.4, 0.5) is 0 Å². The van der Waals surface area contributed by atoms with Gasteiger partial charge in [0.25, 0.3) is 0 Å². The lowest BCUT2D eigenvalue weighted by molar-refractivity contribution is -0.144. The predicted octanol–water partition coefficient (Wildman–Crippen LogP) is 1.67. The number of piperidine rings is 1. The van der Waals surface area contributed by atoms with Gasteiger partial charge in [0.1, 0.15) is 5.75 Å². The van der Waals surface area contributed by atoms with Gasteiger partial charge in [0.2, 0.25) is 5.91 Å². The molecule has 0 aliphatic carbocycles. The molecular formula is C17H24N2O4. The Bertz CT molecular complexity index is 561. The number of carboxylic acids is 1. The number of rotatable bonds is 6. The quantitative estimate of drug-likeness (QED) is 0.833. The number of carbonyl (C=O) groups excluding carboxylic acids is 1. The van der Waals surface area contributed by atoms with Crippen molar-refractivity contribution in [3.8, 4) is 5.75 Å². The number of para-hydroxylation sites is 1. The Balaban J connectivity index is 1.90. The number of nitrogens with zero attached hydrogens (tertiary/aromatic N) is 1. The smallest absolute Gasteiger partial charge is 0.307 e. The molecule has 23 heavy (non-hydrogen) atoms. The molecule has 0 bridgehead atoms. The van der Waals surface area contributed by atoms with Crippen molar-refractivity contribution >= 4 is 11.9 Å². The van der Waals surface area contributed by atoms with Crippen LogP contribution in [0.5, 0.6) is 5.75 Å². The van der Waals surface area contributed by atoms with Gasteiger partial charge in [-0.2, -0.15) is 0 Å². The van der Waals surface area contributed by atoms with Gasteiger partial charge in [-0.05, 0) is 32.4 Å². The summed E-state index contributed by atoms with van der Waals surface area (Å²) in [5.41, 5.74) is 0.922. The van der Waals surface area contributed by atoms with Crippen LogP contribution in [0.2, 0.25) is 0 Å². The first-order valence-electron chi connectivity index (χ1n) is 7.88. The maximum Gasteiger partial charge on any atom is 0.307 e. The third-order valence-corrected chi connectivity index (χ3v) is 4.20. The van der Waals surface area contributed by atoms with Crippen molar-refractivity contribution in [3.05, 3.63) is 29.8 Å². The van der Waals surface area contributed by atoms with Crippen molar-refractivity contribution in [2.75, 3.05) is 26.7 Å². The fourth-order valence-electron chi connectivity index (χ4n) is 2.99. The molecule has 0 aromatic heterocycles. The van der Waals surface area contributed by atoms with E-state index in [2.05, 4.69) is 5.32 Å². The number of likely N-dealkylation sites (tertiary alicyclic amines) is 1. The van der Waals surface area contributed by atoms with Crippen molar-refractivity contribution in [1.29, 1.82) is 0 Å². The molecule has 126 valence electrons. The summed E-state index contributed by atoms with van der Waals surface area (Å²) in [6, 6.07) is 7.41. The lowest BCUT2D eigenvalue weighted by Gasteiger charge is -2.30. The van der Waals surface area contributed by atoms with Crippen molar-refractivity contribution < 1.29 is 19.4 Å². The third kappa shape index (κ3) is 4.69. The summed E-state index contributed by atoms with van der Waals surface area (Å²) in [6.07, 6.45) is 1.50. The van der Waals surface area contributed by atoms with Crippen LogP contribution < -0.4 is 10.1 Å². The Kier molecular flexibility index (Phi) is 5.98. The van der Waals surface area contributed by atoms with Gasteiger partial charge >= 0.3 is 5.97 Å². The first-order valence-corrected chi connectivity index (χ1v) is 7.88. The average molecular weight is 320 g/mol. The van der Waals surface area contributed by atoms with Gasteiger partial charge in [0.15, 0.2) is 0 Å². The van der Waals surface area contributed by atoms with Gasteiger partial charge in [-0.3, -0.25) is 14.5 Å². The molecule has 2 unspecified atom stereocenters. The molecule has 1 fully saturated rings. The van der Waals surface area contributed by atoms with Gasteiger partial charge in [-0.1, -0.05) is 18.2 Å². The molecular weight excluding hydrogens is 296 g/mol. The Morgan fingerprint density at radius 2 is 2.17 bits per heavy atom. The number of ether oxygens (including phenoxy) is 1. The molecule has 1 saturated heterocycles. The molecule has 1 aromatic rings. The SMILES string of the molecule is COc1ccccc1C(C)NC(=O)CN1CCCC(C(=O)O)C1. The topological polar surface area (TPSA) is 78.9 Å². The summed E-state index contributed by atoms with van der Waals surface area (Å²) in [4.78, 5) is 25.2. The van der Waals surface area contributed by atoms with Crippen LogP contribution in [0.1, 0.15) is 31.4 Å². The highest BCUT2D eigenvalue weighted by Gasteiger charge is 2.26. The second-order valence-corrected chi connectivity index (χ2v) is 5.94. The average Bonchev–Trinajstić information content (AvgIpc) is 2.54. The second-order valence-electron chi connectivity index (χ2n) is 5.94. The van der Waals surface area contributed by atoms with Gasteiger partial charge in [0.05, 0.1) is 25.6 Å². The highest BCUT2D eigenvalue weighted by molar-refractivity contribution is 5.78. The van der Waals surface area contributed by atoms with Crippen LogP contribution >= 0.6 is 0 Å². The molecule has 1 aliphatic rings. The van der Waals surface area contributed by atoms with Crippen LogP contribution in [0.15, 0.2) is 24.3 Å². The number of benzene rings is 1. The van der Waals surface area contributed by atoms with Crippen LogP contribution in [-0.4, -0.2) is 48.6 Å². The largest absolute Gasteiger partial charge is 0.496 e. The summed E-state index contributed by atoms with van der Waals surface area (Å²) in [5, 5.41) is 12.1. The summed E-state index contributed by atoms with van der Waals surface area (Å²) in [7, 11) is 1.60. The Morgan fingerprint density at radius 1 is 1.43 bits per heavy atom. The molecule has 2 rings (SSSR count). The lowest BCUT2D eigenvalue weighted by Crippen LogP contribution is -2.44. The Labute approximate surface area is 136 Å². The summed E-state index contributed by atoms with van der Waals surface area (Å²) in [6.45, 7) is 3.33. The van der Waals surface area contributed by atoms with Crippen LogP contribution in [-0.2, 0) is 9.59 Å². The minimum absolute atomic E-state index is 0.102. The van der Waals surface area contributed by atoms with E-state index in [1.54, 1.807) is 7.11 Å². The monoisotopic (exact) mass is 320 g/mol. The summed E-state index contributed by atoms with van der Waals surface area (Å²) >= 11 is 0. The van der Waals surface area contributed by atoms with E-state index in [1.165, 1.54) is 0 Å². The maximum atomic E-state index is 12.2. The number of amides is 1.